The maximum Gasteiger partial charge on any atom is 0.191 e. The fraction of sp³-hybridized carbons (Fsp3) is 0.692. The average molecular weight is 379 g/mol. The minimum Gasteiger partial charge on any atom is -0.356 e. The van der Waals surface area contributed by atoms with E-state index in [9.17, 15) is 0 Å². The van der Waals surface area contributed by atoms with E-state index >= 15 is 0 Å². The van der Waals surface area contributed by atoms with Crippen molar-refractivity contribution in [2.75, 3.05) is 20.1 Å². The lowest BCUT2D eigenvalue weighted by molar-refractivity contribution is 0.547. The number of guanidine groups is 1. The number of rotatable bonds is 7. The van der Waals surface area contributed by atoms with Gasteiger partial charge in [-0.05, 0) is 24.8 Å². The molecule has 0 aliphatic rings. The molecule has 0 amide bonds. The molecule has 0 aliphatic heterocycles. The van der Waals surface area contributed by atoms with Gasteiger partial charge in [-0.3, -0.25) is 9.67 Å². The summed E-state index contributed by atoms with van der Waals surface area (Å²) in [7, 11) is 1.80. The molecule has 19 heavy (non-hydrogen) atoms. The Morgan fingerprint density at radius 2 is 2.05 bits per heavy atom. The first-order valence-electron chi connectivity index (χ1n) is 6.64. The van der Waals surface area contributed by atoms with Gasteiger partial charge in [0.25, 0.3) is 0 Å². The highest BCUT2D eigenvalue weighted by Crippen LogP contribution is 2.01. The van der Waals surface area contributed by atoms with Crippen LogP contribution < -0.4 is 10.6 Å². The van der Waals surface area contributed by atoms with Gasteiger partial charge in [-0.15, -0.1) is 24.0 Å². The molecule has 1 rings (SSSR count). The van der Waals surface area contributed by atoms with Crippen LogP contribution in [-0.2, 0) is 6.54 Å². The summed E-state index contributed by atoms with van der Waals surface area (Å²) in [6.45, 7) is 7.14. The van der Waals surface area contributed by atoms with Gasteiger partial charge in [-0.25, -0.2) is 0 Å². The van der Waals surface area contributed by atoms with E-state index in [1.54, 1.807) is 13.2 Å². The first-order valence-corrected chi connectivity index (χ1v) is 6.64. The largest absolute Gasteiger partial charge is 0.356 e. The van der Waals surface area contributed by atoms with Crippen molar-refractivity contribution in [1.82, 2.24) is 20.4 Å². The van der Waals surface area contributed by atoms with Crippen molar-refractivity contribution in [2.24, 2.45) is 10.9 Å². The molecule has 0 fully saturated rings. The molecular weight excluding hydrogens is 353 g/mol. The van der Waals surface area contributed by atoms with Crippen LogP contribution in [0.4, 0.5) is 0 Å². The fourth-order valence-corrected chi connectivity index (χ4v) is 1.66. The molecule has 1 aromatic rings. The van der Waals surface area contributed by atoms with E-state index in [0.717, 1.165) is 31.5 Å². The standard InChI is InChI=1S/C13H25N5.HI/c1-12(2)6-4-7-15-13(14-3)16-9-11-18-10-5-8-17-18;/h5,8,10,12H,4,6-7,9,11H2,1-3H3,(H2,14,15,16);1H. The third-order valence-electron chi connectivity index (χ3n) is 2.67. The molecular formula is C13H26IN5. The van der Waals surface area contributed by atoms with Gasteiger partial charge in [0.15, 0.2) is 5.96 Å². The lowest BCUT2D eigenvalue weighted by atomic mass is 10.1. The van der Waals surface area contributed by atoms with E-state index in [4.69, 9.17) is 0 Å². The number of hydrogen-bond acceptors (Lipinski definition) is 2. The Balaban J connectivity index is 0.00000324. The Kier molecular flexibility index (Phi) is 10.6. The summed E-state index contributed by atoms with van der Waals surface area (Å²) < 4.78 is 1.90. The van der Waals surface area contributed by atoms with Crippen LogP contribution >= 0.6 is 24.0 Å². The molecule has 2 N–H and O–H groups in total. The normalized spacial score (nSPS) is 11.3. The van der Waals surface area contributed by atoms with Crippen molar-refractivity contribution in [3.8, 4) is 0 Å². The van der Waals surface area contributed by atoms with Crippen molar-refractivity contribution < 1.29 is 0 Å². The summed E-state index contributed by atoms with van der Waals surface area (Å²) in [5.41, 5.74) is 0. The van der Waals surface area contributed by atoms with Gasteiger partial charge in [-0.1, -0.05) is 13.8 Å². The van der Waals surface area contributed by atoms with E-state index in [1.807, 2.05) is 16.9 Å². The molecule has 6 heteroatoms. The summed E-state index contributed by atoms with van der Waals surface area (Å²) in [5, 5.41) is 10.7. The second-order valence-corrected chi connectivity index (χ2v) is 4.73. The van der Waals surface area contributed by atoms with Crippen molar-refractivity contribution in [3.05, 3.63) is 18.5 Å². The topological polar surface area (TPSA) is 54.2 Å². The van der Waals surface area contributed by atoms with E-state index < -0.39 is 0 Å². The van der Waals surface area contributed by atoms with Gasteiger partial charge in [0.1, 0.15) is 0 Å². The summed E-state index contributed by atoms with van der Waals surface area (Å²) in [6.07, 6.45) is 6.17. The van der Waals surface area contributed by atoms with Crippen molar-refractivity contribution in [3.63, 3.8) is 0 Å². The van der Waals surface area contributed by atoms with E-state index in [1.165, 1.54) is 12.8 Å². The number of halogens is 1. The molecule has 5 nitrogen and oxygen atoms in total. The van der Waals surface area contributed by atoms with Crippen molar-refractivity contribution >= 4 is 29.9 Å². The Bertz CT molecular complexity index is 335. The zero-order chi connectivity index (χ0) is 13.2. The van der Waals surface area contributed by atoms with Crippen LogP contribution in [0.2, 0.25) is 0 Å². The third-order valence-corrected chi connectivity index (χ3v) is 2.67. The Morgan fingerprint density at radius 3 is 2.63 bits per heavy atom. The number of nitrogens with zero attached hydrogens (tertiary/aromatic N) is 3. The zero-order valence-electron chi connectivity index (χ0n) is 12.1. The van der Waals surface area contributed by atoms with Crippen LogP contribution in [0.3, 0.4) is 0 Å². The van der Waals surface area contributed by atoms with Crippen molar-refractivity contribution in [2.45, 2.75) is 33.2 Å². The highest BCUT2D eigenvalue weighted by atomic mass is 127. The SMILES string of the molecule is CN=C(NCCCC(C)C)NCCn1cccn1.I. The Labute approximate surface area is 133 Å². The second kappa shape index (κ2) is 11.1. The smallest absolute Gasteiger partial charge is 0.191 e. The molecule has 1 heterocycles. The maximum atomic E-state index is 4.19. The van der Waals surface area contributed by atoms with E-state index in [-0.39, 0.29) is 24.0 Å². The number of aliphatic imine (C=N–C) groups is 1. The lowest BCUT2D eigenvalue weighted by Crippen LogP contribution is -2.39. The summed E-state index contributed by atoms with van der Waals surface area (Å²) >= 11 is 0. The van der Waals surface area contributed by atoms with Crippen LogP contribution in [0.5, 0.6) is 0 Å². The molecule has 110 valence electrons. The molecule has 1 aromatic heterocycles. The quantitative estimate of drug-likeness (QED) is 0.330. The average Bonchev–Trinajstić information content (AvgIpc) is 2.85. The van der Waals surface area contributed by atoms with Crippen LogP contribution in [0.1, 0.15) is 26.7 Å². The van der Waals surface area contributed by atoms with Gasteiger partial charge in [0, 0.05) is 32.5 Å². The lowest BCUT2D eigenvalue weighted by Gasteiger charge is -2.12. The predicted molar refractivity (Wildman–Crippen MR) is 91.1 cm³/mol. The molecule has 0 radical (unpaired) electrons. The Morgan fingerprint density at radius 1 is 1.32 bits per heavy atom. The number of nitrogens with one attached hydrogen (secondary N) is 2. The number of aromatic nitrogens is 2. The molecule has 0 saturated carbocycles. The van der Waals surface area contributed by atoms with Crippen LogP contribution in [0, 0.1) is 5.92 Å². The zero-order valence-corrected chi connectivity index (χ0v) is 14.4. The first kappa shape index (κ1) is 18.2. The molecule has 0 bridgehead atoms. The molecule has 0 saturated heterocycles. The third kappa shape index (κ3) is 8.85. The van der Waals surface area contributed by atoms with E-state index in [0.29, 0.717) is 0 Å². The van der Waals surface area contributed by atoms with Gasteiger partial charge in [-0.2, -0.15) is 5.10 Å². The Hall–Kier alpha value is -0.790. The minimum absolute atomic E-state index is 0. The maximum absolute atomic E-state index is 4.19. The molecule has 0 aromatic carbocycles. The van der Waals surface area contributed by atoms with Crippen LogP contribution in [0.25, 0.3) is 0 Å². The predicted octanol–water partition coefficient (Wildman–Crippen LogP) is 2.10. The summed E-state index contributed by atoms with van der Waals surface area (Å²) in [5.74, 6) is 1.63. The first-order chi connectivity index (χ1) is 8.72. The minimum atomic E-state index is 0. The molecule has 0 unspecified atom stereocenters. The number of hydrogen-bond donors (Lipinski definition) is 2. The second-order valence-electron chi connectivity index (χ2n) is 4.73. The molecule has 0 atom stereocenters. The molecule has 0 spiro atoms. The molecule has 0 aliphatic carbocycles. The van der Waals surface area contributed by atoms with Crippen LogP contribution in [0.15, 0.2) is 23.5 Å². The summed E-state index contributed by atoms with van der Waals surface area (Å²) in [4.78, 5) is 4.19. The summed E-state index contributed by atoms with van der Waals surface area (Å²) in [6, 6.07) is 1.93. The van der Waals surface area contributed by atoms with E-state index in [2.05, 4.69) is 34.6 Å². The van der Waals surface area contributed by atoms with Gasteiger partial charge in [0.2, 0.25) is 0 Å². The fourth-order valence-electron chi connectivity index (χ4n) is 1.66. The highest BCUT2D eigenvalue weighted by Gasteiger charge is 1.98. The monoisotopic (exact) mass is 379 g/mol. The van der Waals surface area contributed by atoms with Crippen LogP contribution in [-0.4, -0.2) is 35.9 Å². The van der Waals surface area contributed by atoms with Gasteiger partial charge >= 0.3 is 0 Å². The highest BCUT2D eigenvalue weighted by molar-refractivity contribution is 14.0. The van der Waals surface area contributed by atoms with Gasteiger partial charge in [0.05, 0.1) is 6.54 Å². The van der Waals surface area contributed by atoms with Crippen molar-refractivity contribution in [1.29, 1.82) is 0 Å². The van der Waals surface area contributed by atoms with Gasteiger partial charge < -0.3 is 10.6 Å².